The monoisotopic (exact) mass is 691 g/mol. The molecule has 2 heterocycles. The Morgan fingerprint density at radius 3 is 2.44 bits per heavy atom. The van der Waals surface area contributed by atoms with Crippen molar-refractivity contribution in [3.63, 3.8) is 0 Å². The first-order chi connectivity index (χ1) is 23.2. The number of allylic oxidation sites excluding steroid dienone is 1. The molecule has 0 spiro atoms. The number of thiazole rings is 1. The summed E-state index contributed by atoms with van der Waals surface area (Å²) in [4.78, 5) is 43.5. The van der Waals surface area contributed by atoms with Gasteiger partial charge in [-0.3, -0.25) is 19.5 Å². The normalized spacial score (nSPS) is 14.3. The molecular weight excluding hydrogens is 658 g/mol. The van der Waals surface area contributed by atoms with Crippen LogP contribution in [0.3, 0.4) is 0 Å². The van der Waals surface area contributed by atoms with Crippen LogP contribution in [0, 0.1) is 10.1 Å². The number of hydrogen-bond donors (Lipinski definition) is 0. The summed E-state index contributed by atoms with van der Waals surface area (Å²) in [5.74, 6) is 0.850. The first-order valence-electron chi connectivity index (χ1n) is 15.4. The molecule has 0 saturated carbocycles. The molecule has 250 valence electrons. The third-order valence-electron chi connectivity index (χ3n) is 7.49. The van der Waals surface area contributed by atoms with Crippen LogP contribution in [-0.2, 0) is 16.1 Å². The molecule has 13 heteroatoms. The molecule has 0 radical (unpaired) electrons. The van der Waals surface area contributed by atoms with Crippen LogP contribution in [0.1, 0.15) is 56.3 Å². The van der Waals surface area contributed by atoms with Crippen molar-refractivity contribution in [3.8, 4) is 17.2 Å². The van der Waals surface area contributed by atoms with Gasteiger partial charge in [-0.15, -0.1) is 0 Å². The summed E-state index contributed by atoms with van der Waals surface area (Å²) >= 11 is 7.65. The van der Waals surface area contributed by atoms with Gasteiger partial charge in [0.15, 0.2) is 16.3 Å². The number of esters is 1. The van der Waals surface area contributed by atoms with Gasteiger partial charge in [0.1, 0.15) is 18.4 Å². The molecule has 1 aliphatic rings. The maximum absolute atomic E-state index is 14.2. The van der Waals surface area contributed by atoms with Gasteiger partial charge in [-0.2, -0.15) is 0 Å². The van der Waals surface area contributed by atoms with Crippen LogP contribution in [0.5, 0.6) is 17.2 Å². The molecule has 0 aliphatic carbocycles. The van der Waals surface area contributed by atoms with E-state index in [1.807, 2.05) is 13.8 Å². The number of ether oxygens (including phenoxy) is 4. The summed E-state index contributed by atoms with van der Waals surface area (Å²) in [5.41, 5.74) is 2.44. The van der Waals surface area contributed by atoms with E-state index in [-0.39, 0.29) is 30.0 Å². The van der Waals surface area contributed by atoms with Crippen molar-refractivity contribution in [1.29, 1.82) is 0 Å². The lowest BCUT2D eigenvalue weighted by atomic mass is 9.93. The largest absolute Gasteiger partial charge is 0.496 e. The number of nitro benzene ring substituents is 1. The number of fused-ring (bicyclic) bond motifs is 1. The summed E-state index contributed by atoms with van der Waals surface area (Å²) in [5, 5.41) is 11.4. The lowest BCUT2D eigenvalue weighted by Gasteiger charge is -2.27. The molecular formula is C35H34ClN3O8S. The van der Waals surface area contributed by atoms with Gasteiger partial charge in [0.25, 0.3) is 11.2 Å². The molecule has 1 aliphatic heterocycles. The molecule has 5 rings (SSSR count). The van der Waals surface area contributed by atoms with E-state index in [1.165, 1.54) is 35.1 Å². The van der Waals surface area contributed by atoms with Crippen molar-refractivity contribution in [2.75, 3.05) is 20.3 Å². The van der Waals surface area contributed by atoms with Crippen molar-refractivity contribution < 1.29 is 28.7 Å². The number of carbonyl (C=O) groups is 1. The van der Waals surface area contributed by atoms with Crippen molar-refractivity contribution >= 4 is 40.7 Å². The maximum Gasteiger partial charge on any atom is 0.338 e. The number of methoxy groups -OCH3 is 1. The molecule has 1 atom stereocenters. The van der Waals surface area contributed by atoms with Crippen molar-refractivity contribution in [2.24, 2.45) is 4.99 Å². The Balaban J connectivity index is 1.59. The SMILES string of the molecule is CCCC1=C(C(=O)OCC)[C@@H](c2cc(Cl)ccc2OC)n2c(s/c(=C/c3ccc(OCc4ccc([N+](=O)[O-])cc4)c(OCC)c3)c2=O)=N1. The fourth-order valence-electron chi connectivity index (χ4n) is 5.36. The Kier molecular flexibility index (Phi) is 11.0. The van der Waals surface area contributed by atoms with Gasteiger partial charge in [-0.05, 0) is 79.9 Å². The van der Waals surface area contributed by atoms with Crippen LogP contribution < -0.4 is 29.1 Å². The lowest BCUT2D eigenvalue weighted by molar-refractivity contribution is -0.384. The molecule has 0 bridgehead atoms. The fraction of sp³-hybridized carbons (Fsp3) is 0.286. The minimum atomic E-state index is -0.883. The number of rotatable bonds is 13. The fourth-order valence-corrected chi connectivity index (χ4v) is 6.56. The third kappa shape index (κ3) is 7.29. The minimum Gasteiger partial charge on any atom is -0.496 e. The molecule has 0 N–H and O–H groups in total. The second-order valence-corrected chi connectivity index (χ2v) is 12.1. The molecule has 1 aromatic heterocycles. The second kappa shape index (κ2) is 15.3. The number of nitro groups is 1. The van der Waals surface area contributed by atoms with Crippen LogP contribution in [0.15, 0.2) is 81.7 Å². The number of non-ortho nitro benzene ring substituents is 1. The minimum absolute atomic E-state index is 0.000109. The molecule has 0 unspecified atom stereocenters. The zero-order chi connectivity index (χ0) is 34.4. The molecule has 11 nitrogen and oxygen atoms in total. The summed E-state index contributed by atoms with van der Waals surface area (Å²) in [6.07, 6.45) is 2.96. The van der Waals surface area contributed by atoms with Crippen molar-refractivity contribution in [2.45, 2.75) is 46.3 Å². The number of halogens is 1. The molecule has 0 fully saturated rings. The number of benzene rings is 3. The van der Waals surface area contributed by atoms with Crippen molar-refractivity contribution in [3.05, 3.63) is 123 Å². The number of nitrogens with zero attached hydrogens (tertiary/aromatic N) is 3. The summed E-state index contributed by atoms with van der Waals surface area (Å²) in [6, 6.07) is 15.6. The quantitative estimate of drug-likeness (QED) is 0.0930. The van der Waals surface area contributed by atoms with Crippen LogP contribution in [0.25, 0.3) is 6.08 Å². The lowest BCUT2D eigenvalue weighted by Crippen LogP contribution is -2.40. The van der Waals surface area contributed by atoms with Gasteiger partial charge < -0.3 is 18.9 Å². The van der Waals surface area contributed by atoms with Crippen molar-refractivity contribution in [1.82, 2.24) is 4.57 Å². The maximum atomic E-state index is 14.2. The highest BCUT2D eigenvalue weighted by atomic mass is 35.5. The Hall–Kier alpha value is -4.94. The van der Waals surface area contributed by atoms with Crippen LogP contribution in [-0.4, -0.2) is 35.8 Å². The second-order valence-electron chi connectivity index (χ2n) is 10.7. The van der Waals surface area contributed by atoms with Gasteiger partial charge >= 0.3 is 5.97 Å². The molecule has 3 aromatic carbocycles. The van der Waals surface area contributed by atoms with Gasteiger partial charge in [0, 0.05) is 22.7 Å². The first-order valence-corrected chi connectivity index (χ1v) is 16.6. The van der Waals surface area contributed by atoms with E-state index in [0.29, 0.717) is 67.9 Å². The zero-order valence-electron chi connectivity index (χ0n) is 26.9. The molecule has 0 saturated heterocycles. The van der Waals surface area contributed by atoms with E-state index in [4.69, 9.17) is 35.5 Å². The average Bonchev–Trinajstić information content (AvgIpc) is 3.38. The van der Waals surface area contributed by atoms with E-state index in [1.54, 1.807) is 61.5 Å². The van der Waals surface area contributed by atoms with E-state index >= 15 is 0 Å². The highest BCUT2D eigenvalue weighted by molar-refractivity contribution is 7.07. The highest BCUT2D eigenvalue weighted by Gasteiger charge is 2.36. The van der Waals surface area contributed by atoms with E-state index in [0.717, 1.165) is 5.56 Å². The molecule has 4 aromatic rings. The Bertz CT molecular complexity index is 2050. The summed E-state index contributed by atoms with van der Waals surface area (Å²) in [6.45, 7) is 6.27. The number of aromatic nitrogens is 1. The number of hydrogen-bond acceptors (Lipinski definition) is 10. The highest BCUT2D eigenvalue weighted by Crippen LogP contribution is 2.38. The van der Waals surface area contributed by atoms with E-state index in [9.17, 15) is 19.7 Å². The van der Waals surface area contributed by atoms with Crippen LogP contribution in [0.2, 0.25) is 5.02 Å². The number of carbonyl (C=O) groups excluding carboxylic acids is 1. The summed E-state index contributed by atoms with van der Waals surface area (Å²) < 4.78 is 24.9. The zero-order valence-corrected chi connectivity index (χ0v) is 28.4. The van der Waals surface area contributed by atoms with Crippen LogP contribution in [0.4, 0.5) is 5.69 Å². The Labute approximate surface area is 285 Å². The standard InChI is InChI=1S/C35H34ClN3O8S/c1-5-8-26-31(34(41)46-7-3)32(25-19-23(36)12-16-27(25)44-4)38-33(40)30(48-35(38)37-26)18-22-11-15-28(29(17-22)45-6-2)47-20-21-9-13-24(14-10-21)39(42)43/h9-19,32H,5-8,20H2,1-4H3/b30-18+/t32-/m1/s1. The average molecular weight is 692 g/mol. The first kappa shape index (κ1) is 34.4. The van der Waals surface area contributed by atoms with Gasteiger partial charge in [0.05, 0.1) is 41.0 Å². The van der Waals surface area contributed by atoms with Gasteiger partial charge in [0.2, 0.25) is 0 Å². The molecule has 48 heavy (non-hydrogen) atoms. The topological polar surface area (TPSA) is 131 Å². The molecule has 0 amide bonds. The Morgan fingerprint density at radius 1 is 1.02 bits per heavy atom. The third-order valence-corrected chi connectivity index (χ3v) is 8.70. The predicted octanol–water partition coefficient (Wildman–Crippen LogP) is 6.13. The van der Waals surface area contributed by atoms with Crippen LogP contribution >= 0.6 is 22.9 Å². The van der Waals surface area contributed by atoms with E-state index in [2.05, 4.69) is 0 Å². The predicted molar refractivity (Wildman–Crippen MR) is 183 cm³/mol. The van der Waals surface area contributed by atoms with E-state index < -0.39 is 16.9 Å². The Morgan fingerprint density at radius 2 is 1.77 bits per heavy atom. The summed E-state index contributed by atoms with van der Waals surface area (Å²) in [7, 11) is 1.52. The smallest absolute Gasteiger partial charge is 0.338 e. The van der Waals surface area contributed by atoms with Gasteiger partial charge in [-0.1, -0.05) is 42.3 Å². The van der Waals surface area contributed by atoms with Gasteiger partial charge in [-0.25, -0.2) is 9.79 Å².